The van der Waals surface area contributed by atoms with E-state index >= 15 is 0 Å². The summed E-state index contributed by atoms with van der Waals surface area (Å²) >= 11 is 0. The predicted molar refractivity (Wildman–Crippen MR) is 78.1 cm³/mol. The minimum absolute atomic E-state index is 0.240. The van der Waals surface area contributed by atoms with Gasteiger partial charge in [-0.3, -0.25) is 9.89 Å². The van der Waals surface area contributed by atoms with Gasteiger partial charge >= 0.3 is 0 Å². The number of aliphatic hydroxyl groups excluding tert-OH is 1. The normalized spacial score (nSPS) is 20.2. The van der Waals surface area contributed by atoms with E-state index in [-0.39, 0.29) is 6.61 Å². The molecular formula is C15H28N2O. The van der Waals surface area contributed by atoms with E-state index in [1.54, 1.807) is 0 Å². The number of allylic oxidation sites excluding steroid dienone is 2. The Morgan fingerprint density at radius 2 is 2.11 bits per heavy atom. The first-order valence-corrected chi connectivity index (χ1v) is 7.40. The molecule has 1 aliphatic rings. The molecule has 1 N–H and O–H groups in total. The van der Waals surface area contributed by atoms with Crippen LogP contribution in [0, 0.1) is 0 Å². The Balaban J connectivity index is 1.97. The highest BCUT2D eigenvalue weighted by Gasteiger charge is 2.19. The van der Waals surface area contributed by atoms with Crippen LogP contribution in [-0.4, -0.2) is 42.1 Å². The van der Waals surface area contributed by atoms with Crippen molar-refractivity contribution in [1.29, 1.82) is 0 Å². The standard InChI is InChI=1S/C15H28N2O/c1-2-3-4-5-6-7-8-9-10-15-16-11-12-17(15)13-14-18/h3-4,11,15,18H,2,5-10,12-14H2,1H3/b4-3+. The molecule has 1 heterocycles. The van der Waals surface area contributed by atoms with Gasteiger partial charge in [-0.15, -0.1) is 0 Å². The van der Waals surface area contributed by atoms with Crippen LogP contribution < -0.4 is 0 Å². The van der Waals surface area contributed by atoms with E-state index in [0.29, 0.717) is 6.17 Å². The number of hydrogen-bond acceptors (Lipinski definition) is 3. The summed E-state index contributed by atoms with van der Waals surface area (Å²) in [5.41, 5.74) is 0. The molecular weight excluding hydrogens is 224 g/mol. The summed E-state index contributed by atoms with van der Waals surface area (Å²) < 4.78 is 0. The fourth-order valence-electron chi connectivity index (χ4n) is 2.34. The zero-order chi connectivity index (χ0) is 13.1. The number of aliphatic hydroxyl groups is 1. The van der Waals surface area contributed by atoms with E-state index in [1.165, 1.54) is 32.1 Å². The third-order valence-electron chi connectivity index (χ3n) is 3.39. The number of nitrogens with zero attached hydrogens (tertiary/aromatic N) is 2. The third kappa shape index (κ3) is 6.31. The highest BCUT2D eigenvalue weighted by atomic mass is 16.3. The van der Waals surface area contributed by atoms with E-state index in [1.807, 2.05) is 6.21 Å². The van der Waals surface area contributed by atoms with Crippen molar-refractivity contribution in [2.24, 2.45) is 4.99 Å². The lowest BCUT2D eigenvalue weighted by atomic mass is 10.1. The van der Waals surface area contributed by atoms with Gasteiger partial charge in [-0.1, -0.05) is 31.9 Å². The number of β-amino-alcohol motifs (C(OH)–C–C–N with tert-alkyl or cyclic N) is 1. The number of hydrogen-bond donors (Lipinski definition) is 1. The highest BCUT2D eigenvalue weighted by molar-refractivity contribution is 5.62. The molecule has 1 unspecified atom stereocenters. The Hall–Kier alpha value is -0.670. The Morgan fingerprint density at radius 1 is 1.28 bits per heavy atom. The lowest BCUT2D eigenvalue weighted by molar-refractivity contribution is 0.176. The summed E-state index contributed by atoms with van der Waals surface area (Å²) in [6.45, 7) is 4.08. The second kappa shape index (κ2) is 10.3. The summed E-state index contributed by atoms with van der Waals surface area (Å²) in [5, 5.41) is 8.95. The molecule has 3 nitrogen and oxygen atoms in total. The first-order valence-electron chi connectivity index (χ1n) is 7.40. The van der Waals surface area contributed by atoms with Crippen LogP contribution >= 0.6 is 0 Å². The van der Waals surface area contributed by atoms with Crippen molar-refractivity contribution >= 4 is 6.21 Å². The van der Waals surface area contributed by atoms with Crippen molar-refractivity contribution in [3.63, 3.8) is 0 Å². The molecule has 1 aliphatic heterocycles. The minimum atomic E-state index is 0.240. The fraction of sp³-hybridized carbons (Fsp3) is 0.800. The summed E-state index contributed by atoms with van der Waals surface area (Å²) in [7, 11) is 0. The van der Waals surface area contributed by atoms with Gasteiger partial charge in [0.2, 0.25) is 0 Å². The van der Waals surface area contributed by atoms with Crippen molar-refractivity contribution < 1.29 is 5.11 Å². The summed E-state index contributed by atoms with van der Waals surface area (Å²) in [5.74, 6) is 0. The summed E-state index contributed by atoms with van der Waals surface area (Å²) in [6, 6.07) is 0. The molecule has 0 aromatic carbocycles. The monoisotopic (exact) mass is 252 g/mol. The van der Waals surface area contributed by atoms with E-state index in [9.17, 15) is 0 Å². The van der Waals surface area contributed by atoms with Gasteiger partial charge in [0, 0.05) is 19.3 Å². The van der Waals surface area contributed by atoms with Crippen LogP contribution in [0.15, 0.2) is 17.1 Å². The molecule has 0 amide bonds. The van der Waals surface area contributed by atoms with E-state index in [2.05, 4.69) is 29.0 Å². The quantitative estimate of drug-likeness (QED) is 0.479. The van der Waals surface area contributed by atoms with Gasteiger partial charge in [-0.25, -0.2) is 0 Å². The van der Waals surface area contributed by atoms with Gasteiger partial charge in [0.15, 0.2) is 0 Å². The lowest BCUT2D eigenvalue weighted by Crippen LogP contribution is -2.32. The van der Waals surface area contributed by atoms with Crippen LogP contribution in [0.2, 0.25) is 0 Å². The smallest absolute Gasteiger partial charge is 0.102 e. The molecule has 3 heteroatoms. The fourth-order valence-corrected chi connectivity index (χ4v) is 2.34. The van der Waals surface area contributed by atoms with Crippen molar-refractivity contribution in [1.82, 2.24) is 4.90 Å². The van der Waals surface area contributed by atoms with E-state index in [0.717, 1.165) is 25.9 Å². The molecule has 0 fully saturated rings. The van der Waals surface area contributed by atoms with Crippen LogP contribution in [0.25, 0.3) is 0 Å². The molecule has 18 heavy (non-hydrogen) atoms. The van der Waals surface area contributed by atoms with Gasteiger partial charge in [-0.05, 0) is 32.1 Å². The summed E-state index contributed by atoms with van der Waals surface area (Å²) in [4.78, 5) is 6.73. The molecule has 1 atom stereocenters. The molecule has 0 aromatic rings. The topological polar surface area (TPSA) is 35.8 Å². The molecule has 1 rings (SSSR count). The molecule has 0 aromatic heterocycles. The minimum Gasteiger partial charge on any atom is -0.395 e. The first kappa shape index (κ1) is 15.4. The van der Waals surface area contributed by atoms with Crippen LogP contribution in [0.1, 0.15) is 51.9 Å². The SMILES string of the molecule is CC/C=C/CCCCCCC1N=CCN1CCO. The largest absolute Gasteiger partial charge is 0.395 e. The molecule has 0 radical (unpaired) electrons. The van der Waals surface area contributed by atoms with Gasteiger partial charge in [0.1, 0.15) is 6.17 Å². The van der Waals surface area contributed by atoms with Crippen LogP contribution in [0.4, 0.5) is 0 Å². The molecule has 0 spiro atoms. The van der Waals surface area contributed by atoms with E-state index < -0.39 is 0 Å². The second-order valence-corrected chi connectivity index (χ2v) is 4.90. The van der Waals surface area contributed by atoms with Crippen LogP contribution in [0.5, 0.6) is 0 Å². The summed E-state index contributed by atoms with van der Waals surface area (Å²) in [6.07, 6.45) is 15.6. The molecule has 0 bridgehead atoms. The Kier molecular flexibility index (Phi) is 8.78. The number of aliphatic imine (C=N–C) groups is 1. The molecule has 0 saturated heterocycles. The van der Waals surface area contributed by atoms with Gasteiger partial charge in [0.05, 0.1) is 6.61 Å². The molecule has 0 saturated carbocycles. The molecule has 0 aliphatic carbocycles. The van der Waals surface area contributed by atoms with Crippen molar-refractivity contribution in [2.45, 2.75) is 58.0 Å². The van der Waals surface area contributed by atoms with Gasteiger partial charge in [-0.2, -0.15) is 0 Å². The Morgan fingerprint density at radius 3 is 2.89 bits per heavy atom. The second-order valence-electron chi connectivity index (χ2n) is 4.90. The maximum atomic E-state index is 8.95. The lowest BCUT2D eigenvalue weighted by Gasteiger charge is -2.21. The van der Waals surface area contributed by atoms with Crippen LogP contribution in [-0.2, 0) is 0 Å². The number of rotatable bonds is 10. The zero-order valence-corrected chi connectivity index (χ0v) is 11.7. The predicted octanol–water partition coefficient (Wildman–Crippen LogP) is 3.00. The Labute approximate surface area is 112 Å². The first-order chi connectivity index (χ1) is 8.88. The van der Waals surface area contributed by atoms with Crippen molar-refractivity contribution in [2.75, 3.05) is 19.7 Å². The Bertz CT molecular complexity index is 251. The number of unbranched alkanes of at least 4 members (excludes halogenated alkanes) is 4. The maximum Gasteiger partial charge on any atom is 0.102 e. The average molecular weight is 252 g/mol. The maximum absolute atomic E-state index is 8.95. The van der Waals surface area contributed by atoms with Crippen molar-refractivity contribution in [3.05, 3.63) is 12.2 Å². The molecule has 104 valence electrons. The van der Waals surface area contributed by atoms with Crippen LogP contribution in [0.3, 0.4) is 0 Å². The highest BCUT2D eigenvalue weighted by Crippen LogP contribution is 2.15. The van der Waals surface area contributed by atoms with Gasteiger partial charge in [0.25, 0.3) is 0 Å². The van der Waals surface area contributed by atoms with E-state index in [4.69, 9.17) is 5.11 Å². The average Bonchev–Trinajstić information content (AvgIpc) is 2.81. The zero-order valence-electron chi connectivity index (χ0n) is 11.7. The van der Waals surface area contributed by atoms with Gasteiger partial charge < -0.3 is 5.11 Å². The van der Waals surface area contributed by atoms with Crippen molar-refractivity contribution in [3.8, 4) is 0 Å². The third-order valence-corrected chi connectivity index (χ3v) is 3.39.